The van der Waals surface area contributed by atoms with E-state index in [0.717, 1.165) is 24.8 Å². The highest BCUT2D eigenvalue weighted by Crippen LogP contribution is 2.28. The Balaban J connectivity index is 2.29. The second-order valence-electron chi connectivity index (χ2n) is 4.46. The molecule has 0 atom stereocenters. The summed E-state index contributed by atoms with van der Waals surface area (Å²) in [6.07, 6.45) is 3.05. The lowest BCUT2D eigenvalue weighted by Gasteiger charge is -2.33. The summed E-state index contributed by atoms with van der Waals surface area (Å²) in [5, 5.41) is 0. The molecule has 0 heterocycles. The predicted molar refractivity (Wildman–Crippen MR) is 66.9 cm³/mol. The fourth-order valence-electron chi connectivity index (χ4n) is 1.95. The van der Waals surface area contributed by atoms with Gasteiger partial charge in [-0.1, -0.05) is 18.6 Å². The molecule has 1 fully saturated rings. The van der Waals surface area contributed by atoms with E-state index in [9.17, 15) is 8.42 Å². The molecule has 0 radical (unpaired) electrons. The molecule has 4 nitrogen and oxygen atoms in total. The van der Waals surface area contributed by atoms with Crippen LogP contribution in [0.4, 0.5) is 0 Å². The highest BCUT2D eigenvalue weighted by Gasteiger charge is 2.31. The molecule has 1 aromatic rings. The minimum Gasteiger partial charge on any atom is -0.326 e. The van der Waals surface area contributed by atoms with Crippen LogP contribution in [0.15, 0.2) is 29.2 Å². The Hall–Kier alpha value is -0.910. The minimum atomic E-state index is -3.35. The molecule has 5 heteroatoms. The maximum absolute atomic E-state index is 12.3. The van der Waals surface area contributed by atoms with Crippen molar-refractivity contribution < 1.29 is 8.42 Å². The zero-order valence-corrected chi connectivity index (χ0v) is 10.8. The molecular formula is C12H18N2O2S. The third-order valence-corrected chi connectivity index (χ3v) is 5.31. The lowest BCUT2D eigenvalue weighted by atomic mass is 9.94. The largest absolute Gasteiger partial charge is 0.326 e. The number of benzene rings is 1. The molecule has 0 aromatic heterocycles. The maximum atomic E-state index is 12.3. The Morgan fingerprint density at radius 3 is 2.65 bits per heavy atom. The molecule has 0 bridgehead atoms. The summed E-state index contributed by atoms with van der Waals surface area (Å²) in [5.41, 5.74) is 6.37. The van der Waals surface area contributed by atoms with E-state index in [1.165, 1.54) is 4.31 Å². The fraction of sp³-hybridized carbons (Fsp3) is 0.500. The molecule has 1 aromatic carbocycles. The molecule has 0 spiro atoms. The van der Waals surface area contributed by atoms with Crippen LogP contribution in [-0.4, -0.2) is 25.8 Å². The molecule has 94 valence electrons. The second-order valence-corrected chi connectivity index (χ2v) is 6.46. The number of nitrogens with two attached hydrogens (primary N) is 1. The zero-order chi connectivity index (χ0) is 12.5. The van der Waals surface area contributed by atoms with Gasteiger partial charge in [-0.15, -0.1) is 0 Å². The van der Waals surface area contributed by atoms with E-state index >= 15 is 0 Å². The Labute approximate surface area is 102 Å². The van der Waals surface area contributed by atoms with Gasteiger partial charge in [0.15, 0.2) is 0 Å². The third kappa shape index (κ3) is 2.36. The highest BCUT2D eigenvalue weighted by molar-refractivity contribution is 7.89. The Bertz CT molecular complexity index is 495. The van der Waals surface area contributed by atoms with Crippen molar-refractivity contribution >= 4 is 10.0 Å². The SMILES string of the molecule is CN(C1CCC1)S(=O)(=O)c1cccc(CN)c1. The number of hydrogen-bond donors (Lipinski definition) is 1. The van der Waals surface area contributed by atoms with Gasteiger partial charge in [-0.3, -0.25) is 0 Å². The fourth-order valence-corrected chi connectivity index (χ4v) is 3.43. The van der Waals surface area contributed by atoms with Crippen LogP contribution in [0.3, 0.4) is 0 Å². The second kappa shape index (κ2) is 4.76. The monoisotopic (exact) mass is 254 g/mol. The first-order chi connectivity index (χ1) is 8.05. The summed E-state index contributed by atoms with van der Waals surface area (Å²) >= 11 is 0. The van der Waals surface area contributed by atoms with Gasteiger partial charge in [0.05, 0.1) is 4.90 Å². The zero-order valence-electron chi connectivity index (χ0n) is 9.96. The first-order valence-corrected chi connectivity index (χ1v) is 7.27. The van der Waals surface area contributed by atoms with Crippen molar-refractivity contribution in [1.29, 1.82) is 0 Å². The van der Waals surface area contributed by atoms with Crippen LogP contribution >= 0.6 is 0 Å². The Morgan fingerprint density at radius 1 is 1.41 bits per heavy atom. The summed E-state index contributed by atoms with van der Waals surface area (Å²) in [6, 6.07) is 7.03. The van der Waals surface area contributed by atoms with E-state index < -0.39 is 10.0 Å². The van der Waals surface area contributed by atoms with Crippen molar-refractivity contribution in [3.8, 4) is 0 Å². The molecule has 0 amide bonds. The smallest absolute Gasteiger partial charge is 0.243 e. The van der Waals surface area contributed by atoms with Crippen LogP contribution < -0.4 is 5.73 Å². The first-order valence-electron chi connectivity index (χ1n) is 5.83. The van der Waals surface area contributed by atoms with E-state index in [1.807, 2.05) is 6.07 Å². The van der Waals surface area contributed by atoms with Crippen LogP contribution in [0.25, 0.3) is 0 Å². The molecule has 1 saturated carbocycles. The number of rotatable bonds is 4. The van der Waals surface area contributed by atoms with Gasteiger partial charge in [0, 0.05) is 19.6 Å². The van der Waals surface area contributed by atoms with Crippen LogP contribution in [0.1, 0.15) is 24.8 Å². The molecule has 1 aliphatic rings. The lowest BCUT2D eigenvalue weighted by Crippen LogP contribution is -2.41. The van der Waals surface area contributed by atoms with Crippen molar-refractivity contribution in [3.05, 3.63) is 29.8 Å². The quantitative estimate of drug-likeness (QED) is 0.881. The molecule has 17 heavy (non-hydrogen) atoms. The van der Waals surface area contributed by atoms with Crippen molar-refractivity contribution in [2.75, 3.05) is 7.05 Å². The summed E-state index contributed by atoms with van der Waals surface area (Å²) in [5.74, 6) is 0. The molecular weight excluding hydrogens is 236 g/mol. The lowest BCUT2D eigenvalue weighted by molar-refractivity contribution is 0.249. The molecule has 1 aliphatic carbocycles. The minimum absolute atomic E-state index is 0.168. The van der Waals surface area contributed by atoms with Gasteiger partial charge in [-0.2, -0.15) is 4.31 Å². The van der Waals surface area contributed by atoms with Crippen LogP contribution in [0.5, 0.6) is 0 Å². The molecule has 2 rings (SSSR count). The van der Waals surface area contributed by atoms with Gasteiger partial charge in [0.25, 0.3) is 0 Å². The van der Waals surface area contributed by atoms with Crippen LogP contribution in [-0.2, 0) is 16.6 Å². The van der Waals surface area contributed by atoms with Crippen molar-refractivity contribution in [2.45, 2.75) is 36.7 Å². The van der Waals surface area contributed by atoms with Crippen LogP contribution in [0, 0.1) is 0 Å². The maximum Gasteiger partial charge on any atom is 0.243 e. The van der Waals surface area contributed by atoms with Gasteiger partial charge in [0.2, 0.25) is 10.0 Å². The van der Waals surface area contributed by atoms with E-state index in [0.29, 0.717) is 11.4 Å². The van der Waals surface area contributed by atoms with E-state index in [1.54, 1.807) is 25.2 Å². The molecule has 0 unspecified atom stereocenters. The van der Waals surface area contributed by atoms with Crippen LogP contribution in [0.2, 0.25) is 0 Å². The average Bonchev–Trinajstić information content (AvgIpc) is 2.26. The van der Waals surface area contributed by atoms with Crippen molar-refractivity contribution in [2.24, 2.45) is 5.73 Å². The normalized spacial score (nSPS) is 17.1. The summed E-state index contributed by atoms with van der Waals surface area (Å²) in [7, 11) is -1.69. The summed E-state index contributed by atoms with van der Waals surface area (Å²) < 4.78 is 26.1. The predicted octanol–water partition coefficient (Wildman–Crippen LogP) is 1.32. The average molecular weight is 254 g/mol. The van der Waals surface area contributed by atoms with Crippen molar-refractivity contribution in [3.63, 3.8) is 0 Å². The van der Waals surface area contributed by atoms with Gasteiger partial charge < -0.3 is 5.73 Å². The Kier molecular flexibility index (Phi) is 3.51. The molecule has 2 N–H and O–H groups in total. The van der Waals surface area contributed by atoms with Gasteiger partial charge in [-0.05, 0) is 30.5 Å². The van der Waals surface area contributed by atoms with Gasteiger partial charge in [0.1, 0.15) is 0 Å². The van der Waals surface area contributed by atoms with E-state index in [2.05, 4.69) is 0 Å². The van der Waals surface area contributed by atoms with Gasteiger partial charge in [-0.25, -0.2) is 8.42 Å². The van der Waals surface area contributed by atoms with E-state index in [-0.39, 0.29) is 6.04 Å². The third-order valence-electron chi connectivity index (χ3n) is 3.40. The Morgan fingerprint density at radius 2 is 2.12 bits per heavy atom. The van der Waals surface area contributed by atoms with Gasteiger partial charge >= 0.3 is 0 Å². The van der Waals surface area contributed by atoms with Crippen molar-refractivity contribution in [1.82, 2.24) is 4.31 Å². The summed E-state index contributed by atoms with van der Waals surface area (Å²) in [4.78, 5) is 0.342. The number of sulfonamides is 1. The topological polar surface area (TPSA) is 63.4 Å². The summed E-state index contributed by atoms with van der Waals surface area (Å²) in [6.45, 7) is 0.358. The van der Waals surface area contributed by atoms with E-state index in [4.69, 9.17) is 5.73 Å². The highest BCUT2D eigenvalue weighted by atomic mass is 32.2. The number of nitrogens with zero attached hydrogens (tertiary/aromatic N) is 1. The molecule has 0 saturated heterocycles. The molecule has 0 aliphatic heterocycles. The standard InChI is InChI=1S/C12H18N2O2S/c1-14(11-5-3-6-11)17(15,16)12-7-2-4-10(8-12)9-13/h2,4,7-8,11H,3,5-6,9,13H2,1H3. The number of hydrogen-bond acceptors (Lipinski definition) is 3. The first kappa shape index (κ1) is 12.5.